The zero-order chi connectivity index (χ0) is 23.0. The van der Waals surface area contributed by atoms with E-state index in [1.165, 1.54) is 16.7 Å². The van der Waals surface area contributed by atoms with Crippen LogP contribution in [0.15, 0.2) is 41.6 Å². The molecule has 3 aromatic rings. The summed E-state index contributed by atoms with van der Waals surface area (Å²) in [6.07, 6.45) is 2.20. The molecule has 2 atom stereocenters. The van der Waals surface area contributed by atoms with Gasteiger partial charge >= 0.3 is 12.0 Å². The van der Waals surface area contributed by atoms with E-state index in [9.17, 15) is 18.3 Å². The van der Waals surface area contributed by atoms with Crippen LogP contribution in [0.5, 0.6) is 6.01 Å². The number of nitrogens with zero attached hydrogens (tertiary/aromatic N) is 5. The monoisotopic (exact) mass is 459 g/mol. The molecule has 3 heterocycles. The third-order valence-corrected chi connectivity index (χ3v) is 7.23. The summed E-state index contributed by atoms with van der Waals surface area (Å²) in [5.74, 6) is -0.996. The fourth-order valence-electron chi connectivity index (χ4n) is 3.96. The predicted molar refractivity (Wildman–Crippen MR) is 116 cm³/mol. The molecule has 1 saturated heterocycles. The van der Waals surface area contributed by atoms with Gasteiger partial charge in [-0.15, -0.1) is 0 Å². The van der Waals surface area contributed by atoms with Crippen LogP contribution in [-0.2, 0) is 21.2 Å². The summed E-state index contributed by atoms with van der Waals surface area (Å²) in [5.41, 5.74) is 1.26. The van der Waals surface area contributed by atoms with Crippen molar-refractivity contribution in [1.82, 2.24) is 24.1 Å². The molecule has 1 fully saturated rings. The normalized spacial score (nSPS) is 19.6. The molecule has 0 spiro atoms. The predicted octanol–water partition coefficient (Wildman–Crippen LogP) is 2.12. The van der Waals surface area contributed by atoms with Gasteiger partial charge in [0.25, 0.3) is 0 Å². The number of fused-ring (bicyclic) bond motifs is 1. The van der Waals surface area contributed by atoms with Crippen LogP contribution >= 0.6 is 0 Å². The quantitative estimate of drug-likeness (QED) is 0.569. The first kappa shape index (κ1) is 22.2. The van der Waals surface area contributed by atoms with Gasteiger partial charge in [-0.05, 0) is 25.8 Å². The van der Waals surface area contributed by atoms with E-state index in [1.54, 1.807) is 4.68 Å². The summed E-state index contributed by atoms with van der Waals surface area (Å²) in [6, 6.07) is 7.29. The van der Waals surface area contributed by atoms with Crippen molar-refractivity contribution >= 4 is 26.9 Å². The van der Waals surface area contributed by atoms with E-state index in [0.717, 1.165) is 10.9 Å². The van der Waals surface area contributed by atoms with E-state index in [-0.39, 0.29) is 41.9 Å². The van der Waals surface area contributed by atoms with Crippen LogP contribution in [-0.4, -0.2) is 62.7 Å². The molecule has 0 aliphatic carbocycles. The van der Waals surface area contributed by atoms with Gasteiger partial charge in [0.1, 0.15) is 4.90 Å². The van der Waals surface area contributed by atoms with E-state index < -0.39 is 16.0 Å². The lowest BCUT2D eigenvalue weighted by Crippen LogP contribution is -2.29. The molecule has 0 amide bonds. The SMILES string of the molecule is CC(C)Oc1ncc(S(=O)(=O)N2C[C@@H](C)[C@@H](n3nc(CC(=O)O)c4ccccc43)C2)cn1. The number of aliphatic carboxylic acids is 1. The minimum atomic E-state index is -3.81. The van der Waals surface area contributed by atoms with Crippen molar-refractivity contribution < 1.29 is 23.1 Å². The lowest BCUT2D eigenvalue weighted by atomic mass is 10.1. The van der Waals surface area contributed by atoms with Crippen molar-refractivity contribution in [1.29, 1.82) is 0 Å². The highest BCUT2D eigenvalue weighted by Gasteiger charge is 2.39. The Bertz CT molecular complexity index is 1240. The number of carboxylic acids is 1. The van der Waals surface area contributed by atoms with Gasteiger partial charge in [-0.2, -0.15) is 9.40 Å². The van der Waals surface area contributed by atoms with E-state index in [2.05, 4.69) is 15.1 Å². The van der Waals surface area contributed by atoms with Gasteiger partial charge in [0.2, 0.25) is 10.0 Å². The Balaban J connectivity index is 1.62. The maximum Gasteiger partial charge on any atom is 0.316 e. The van der Waals surface area contributed by atoms with Gasteiger partial charge in [-0.1, -0.05) is 25.1 Å². The molecule has 0 radical (unpaired) electrons. The number of sulfonamides is 1. The Morgan fingerprint density at radius 2 is 1.91 bits per heavy atom. The fourth-order valence-corrected chi connectivity index (χ4v) is 5.41. The van der Waals surface area contributed by atoms with E-state index in [0.29, 0.717) is 12.2 Å². The zero-order valence-electron chi connectivity index (χ0n) is 18.0. The highest BCUT2D eigenvalue weighted by molar-refractivity contribution is 7.89. The summed E-state index contributed by atoms with van der Waals surface area (Å²) < 4.78 is 35.0. The number of hydrogen-bond donors (Lipinski definition) is 1. The molecular weight excluding hydrogens is 434 g/mol. The maximum absolute atomic E-state index is 13.2. The molecule has 11 heteroatoms. The second kappa shape index (κ2) is 8.47. The molecule has 1 aromatic carbocycles. The Morgan fingerprint density at radius 3 is 2.56 bits per heavy atom. The second-order valence-electron chi connectivity index (χ2n) is 8.21. The topological polar surface area (TPSA) is 128 Å². The van der Waals surface area contributed by atoms with Crippen molar-refractivity contribution in [3.05, 3.63) is 42.4 Å². The Kier molecular flexibility index (Phi) is 5.87. The molecule has 0 saturated carbocycles. The molecule has 0 bridgehead atoms. The second-order valence-corrected chi connectivity index (χ2v) is 10.2. The largest absolute Gasteiger partial charge is 0.481 e. The first-order valence-corrected chi connectivity index (χ1v) is 11.8. The number of ether oxygens (including phenoxy) is 1. The molecular formula is C21H25N5O5S. The molecule has 1 aliphatic rings. The van der Waals surface area contributed by atoms with Crippen molar-refractivity contribution in [3.63, 3.8) is 0 Å². The van der Waals surface area contributed by atoms with Crippen LogP contribution in [0.3, 0.4) is 0 Å². The number of aromatic nitrogens is 4. The summed E-state index contributed by atoms with van der Waals surface area (Å²) in [5, 5.41) is 14.6. The minimum Gasteiger partial charge on any atom is -0.481 e. The number of carboxylic acid groups (broad SMARTS) is 1. The van der Waals surface area contributed by atoms with Gasteiger partial charge in [0.15, 0.2) is 0 Å². The fraction of sp³-hybridized carbons (Fsp3) is 0.429. The number of para-hydroxylation sites is 1. The van der Waals surface area contributed by atoms with Crippen LogP contribution in [0.2, 0.25) is 0 Å². The molecule has 10 nitrogen and oxygen atoms in total. The van der Waals surface area contributed by atoms with Gasteiger partial charge < -0.3 is 9.84 Å². The Labute approximate surface area is 185 Å². The number of benzene rings is 1. The smallest absolute Gasteiger partial charge is 0.316 e. The van der Waals surface area contributed by atoms with Crippen LogP contribution < -0.4 is 4.74 Å². The summed E-state index contributed by atoms with van der Waals surface area (Å²) in [7, 11) is -3.81. The first-order valence-electron chi connectivity index (χ1n) is 10.3. The lowest BCUT2D eigenvalue weighted by molar-refractivity contribution is -0.136. The average Bonchev–Trinajstić information content (AvgIpc) is 3.29. The summed E-state index contributed by atoms with van der Waals surface area (Å²) in [6.45, 7) is 6.15. The van der Waals surface area contributed by atoms with Gasteiger partial charge in [0, 0.05) is 18.5 Å². The van der Waals surface area contributed by atoms with E-state index in [4.69, 9.17) is 4.74 Å². The third-order valence-electron chi connectivity index (χ3n) is 5.45. The van der Waals surface area contributed by atoms with Gasteiger partial charge in [-0.3, -0.25) is 9.48 Å². The first-order chi connectivity index (χ1) is 15.2. The van der Waals surface area contributed by atoms with E-state index in [1.807, 2.05) is 45.0 Å². The van der Waals surface area contributed by atoms with Crippen molar-refractivity contribution in [2.24, 2.45) is 5.92 Å². The molecule has 2 aromatic heterocycles. The average molecular weight is 460 g/mol. The van der Waals surface area contributed by atoms with Crippen molar-refractivity contribution in [2.75, 3.05) is 13.1 Å². The van der Waals surface area contributed by atoms with Crippen molar-refractivity contribution in [3.8, 4) is 6.01 Å². The molecule has 0 unspecified atom stereocenters. The molecule has 170 valence electrons. The molecule has 32 heavy (non-hydrogen) atoms. The third kappa shape index (κ3) is 4.17. The van der Waals surface area contributed by atoms with Crippen molar-refractivity contribution in [2.45, 2.75) is 44.2 Å². The van der Waals surface area contributed by atoms with E-state index >= 15 is 0 Å². The van der Waals surface area contributed by atoms with Crippen LogP contribution in [0.25, 0.3) is 10.9 Å². The van der Waals surface area contributed by atoms with Crippen LogP contribution in [0.4, 0.5) is 0 Å². The highest BCUT2D eigenvalue weighted by Crippen LogP contribution is 2.34. The zero-order valence-corrected chi connectivity index (χ0v) is 18.9. The lowest BCUT2D eigenvalue weighted by Gasteiger charge is -2.17. The van der Waals surface area contributed by atoms with Gasteiger partial charge in [0.05, 0.1) is 42.2 Å². The Hall–Kier alpha value is -3.05. The number of rotatable bonds is 7. The molecule has 1 aliphatic heterocycles. The summed E-state index contributed by atoms with van der Waals surface area (Å²) >= 11 is 0. The number of hydrogen-bond acceptors (Lipinski definition) is 7. The molecule has 4 rings (SSSR count). The Morgan fingerprint density at radius 1 is 1.22 bits per heavy atom. The van der Waals surface area contributed by atoms with Crippen LogP contribution in [0.1, 0.15) is 32.5 Å². The van der Waals surface area contributed by atoms with Gasteiger partial charge in [-0.25, -0.2) is 18.4 Å². The standard InChI is InChI=1S/C21H25N5O5S/c1-13(2)31-21-22-9-15(10-23-21)32(29,30)25-11-14(3)19(12-25)26-18-7-5-4-6-16(18)17(24-26)8-20(27)28/h4-7,9-10,13-14,19H,8,11-12H2,1-3H3,(H,27,28)/t14-,19+/m1/s1. The number of carbonyl (C=O) groups is 1. The highest BCUT2D eigenvalue weighted by atomic mass is 32.2. The summed E-state index contributed by atoms with van der Waals surface area (Å²) in [4.78, 5) is 19.3. The molecule has 1 N–H and O–H groups in total. The maximum atomic E-state index is 13.2. The minimum absolute atomic E-state index is 0.00153. The van der Waals surface area contributed by atoms with Crippen LogP contribution in [0, 0.1) is 5.92 Å².